The van der Waals surface area contributed by atoms with Gasteiger partial charge in [-0.15, -0.1) is 0 Å². The van der Waals surface area contributed by atoms with Gasteiger partial charge in [-0.1, -0.05) is 26.7 Å². The van der Waals surface area contributed by atoms with Crippen molar-refractivity contribution in [2.45, 2.75) is 51.6 Å². The fraction of sp³-hybridized carbons (Fsp3) is 0.917. The average molecular weight is 228 g/mol. The fourth-order valence-corrected chi connectivity index (χ4v) is 2.57. The Morgan fingerprint density at radius 1 is 1.44 bits per heavy atom. The zero-order chi connectivity index (χ0) is 12.1. The number of nitrogens with zero attached hydrogens (tertiary/aromatic N) is 1. The lowest BCUT2D eigenvalue weighted by atomic mass is 10.1. The Bertz CT molecular complexity index is 225. The van der Waals surface area contributed by atoms with Gasteiger partial charge in [0, 0.05) is 19.1 Å². The van der Waals surface area contributed by atoms with E-state index in [9.17, 15) is 9.90 Å². The maximum atomic E-state index is 11.2. The second kappa shape index (κ2) is 6.21. The zero-order valence-corrected chi connectivity index (χ0v) is 10.4. The van der Waals surface area contributed by atoms with Crippen LogP contribution in [-0.2, 0) is 4.79 Å². The number of aliphatic carboxylic acids is 1. The van der Waals surface area contributed by atoms with Crippen molar-refractivity contribution < 1.29 is 9.90 Å². The molecule has 0 aromatic carbocycles. The highest BCUT2D eigenvalue weighted by molar-refractivity contribution is 5.73. The quantitative estimate of drug-likeness (QED) is 0.719. The molecule has 0 aromatic heterocycles. The van der Waals surface area contributed by atoms with Crippen LogP contribution in [0.2, 0.25) is 0 Å². The first-order chi connectivity index (χ1) is 7.56. The Hall–Kier alpha value is -0.610. The zero-order valence-electron chi connectivity index (χ0n) is 10.4. The van der Waals surface area contributed by atoms with Crippen molar-refractivity contribution in [2.75, 3.05) is 13.1 Å². The molecule has 0 bridgehead atoms. The maximum Gasteiger partial charge on any atom is 0.322 e. The minimum atomic E-state index is -0.782. The first-order valence-electron chi connectivity index (χ1n) is 6.24. The summed E-state index contributed by atoms with van der Waals surface area (Å²) < 4.78 is 0. The van der Waals surface area contributed by atoms with Crippen LogP contribution in [0.1, 0.15) is 39.5 Å². The van der Waals surface area contributed by atoms with Crippen molar-refractivity contribution in [3.63, 3.8) is 0 Å². The number of carbonyl (C=O) groups is 1. The minimum Gasteiger partial charge on any atom is -0.480 e. The van der Waals surface area contributed by atoms with E-state index in [1.165, 1.54) is 12.8 Å². The largest absolute Gasteiger partial charge is 0.480 e. The molecule has 1 aliphatic rings. The molecule has 1 unspecified atom stereocenters. The summed E-state index contributed by atoms with van der Waals surface area (Å²) in [7, 11) is 0. The van der Waals surface area contributed by atoms with Gasteiger partial charge in [0.1, 0.15) is 6.04 Å². The predicted octanol–water partition coefficient (Wildman–Crippen LogP) is 1.30. The second-order valence-electron chi connectivity index (χ2n) is 5.12. The van der Waals surface area contributed by atoms with Crippen molar-refractivity contribution in [2.24, 2.45) is 11.7 Å². The highest BCUT2D eigenvalue weighted by Crippen LogP contribution is 2.25. The van der Waals surface area contributed by atoms with Gasteiger partial charge < -0.3 is 10.8 Å². The van der Waals surface area contributed by atoms with E-state index in [4.69, 9.17) is 5.73 Å². The molecule has 4 heteroatoms. The Morgan fingerprint density at radius 3 is 2.38 bits per heavy atom. The van der Waals surface area contributed by atoms with Crippen LogP contribution >= 0.6 is 0 Å². The molecule has 1 saturated carbocycles. The number of carboxylic acids is 1. The molecule has 0 aromatic rings. The van der Waals surface area contributed by atoms with Gasteiger partial charge in [0.05, 0.1) is 0 Å². The molecule has 0 aliphatic heterocycles. The number of rotatable bonds is 6. The molecule has 3 N–H and O–H groups in total. The number of hydrogen-bond donors (Lipinski definition) is 2. The third kappa shape index (κ3) is 3.46. The van der Waals surface area contributed by atoms with Crippen molar-refractivity contribution in [3.05, 3.63) is 0 Å². The van der Waals surface area contributed by atoms with E-state index in [1.54, 1.807) is 0 Å². The molecule has 0 amide bonds. The van der Waals surface area contributed by atoms with Crippen molar-refractivity contribution in [1.82, 2.24) is 4.90 Å². The average Bonchev–Trinajstić information content (AvgIpc) is 2.68. The Balaban J connectivity index is 2.71. The van der Waals surface area contributed by atoms with Gasteiger partial charge in [0.25, 0.3) is 0 Å². The molecule has 16 heavy (non-hydrogen) atoms. The van der Waals surface area contributed by atoms with Crippen LogP contribution in [0, 0.1) is 5.92 Å². The third-order valence-electron chi connectivity index (χ3n) is 3.28. The standard InChI is InChI=1S/C12H24N2O2/c1-9(2)8-14(10-5-3-4-6-10)11(7-13)12(15)16/h9-11H,3-8,13H2,1-2H3,(H,15,16). The smallest absolute Gasteiger partial charge is 0.322 e. The molecule has 1 fully saturated rings. The van der Waals surface area contributed by atoms with E-state index in [0.29, 0.717) is 12.0 Å². The summed E-state index contributed by atoms with van der Waals surface area (Å²) in [6.07, 6.45) is 4.68. The van der Waals surface area contributed by atoms with Gasteiger partial charge in [-0.05, 0) is 18.8 Å². The van der Waals surface area contributed by atoms with Crippen LogP contribution in [0.5, 0.6) is 0 Å². The summed E-state index contributed by atoms with van der Waals surface area (Å²) in [6.45, 7) is 5.28. The number of carboxylic acid groups (broad SMARTS) is 1. The topological polar surface area (TPSA) is 66.6 Å². The van der Waals surface area contributed by atoms with Crippen LogP contribution in [0.15, 0.2) is 0 Å². The lowest BCUT2D eigenvalue weighted by molar-refractivity contribution is -0.144. The highest BCUT2D eigenvalue weighted by atomic mass is 16.4. The van der Waals surface area contributed by atoms with E-state index in [2.05, 4.69) is 18.7 Å². The van der Waals surface area contributed by atoms with E-state index >= 15 is 0 Å². The van der Waals surface area contributed by atoms with Crippen molar-refractivity contribution >= 4 is 5.97 Å². The number of nitrogens with two attached hydrogens (primary N) is 1. The monoisotopic (exact) mass is 228 g/mol. The SMILES string of the molecule is CC(C)CN(C1CCCC1)C(CN)C(=O)O. The molecular formula is C12H24N2O2. The molecule has 0 radical (unpaired) electrons. The van der Waals surface area contributed by atoms with Crippen molar-refractivity contribution in [1.29, 1.82) is 0 Å². The molecule has 0 saturated heterocycles. The summed E-state index contributed by atoms with van der Waals surface area (Å²) in [5.74, 6) is -0.302. The first kappa shape index (κ1) is 13.5. The lowest BCUT2D eigenvalue weighted by Crippen LogP contribution is -2.51. The van der Waals surface area contributed by atoms with E-state index in [1.807, 2.05) is 0 Å². The highest BCUT2D eigenvalue weighted by Gasteiger charge is 2.32. The summed E-state index contributed by atoms with van der Waals surface area (Å²) >= 11 is 0. The van der Waals surface area contributed by atoms with Crippen LogP contribution in [0.4, 0.5) is 0 Å². The lowest BCUT2D eigenvalue weighted by Gasteiger charge is -2.34. The molecule has 0 spiro atoms. The molecule has 1 atom stereocenters. The molecular weight excluding hydrogens is 204 g/mol. The van der Waals surface area contributed by atoms with E-state index in [-0.39, 0.29) is 6.54 Å². The summed E-state index contributed by atoms with van der Waals surface area (Å²) in [5, 5.41) is 9.20. The predicted molar refractivity (Wildman–Crippen MR) is 64.3 cm³/mol. The molecule has 4 nitrogen and oxygen atoms in total. The van der Waals surface area contributed by atoms with Gasteiger partial charge in [0.2, 0.25) is 0 Å². The Morgan fingerprint density at radius 2 is 2.00 bits per heavy atom. The van der Waals surface area contributed by atoms with Gasteiger partial charge in [-0.3, -0.25) is 9.69 Å². The number of hydrogen-bond acceptors (Lipinski definition) is 3. The Labute approximate surface area is 97.8 Å². The second-order valence-corrected chi connectivity index (χ2v) is 5.12. The molecule has 1 aliphatic carbocycles. The van der Waals surface area contributed by atoms with Gasteiger partial charge in [-0.25, -0.2) is 0 Å². The van der Waals surface area contributed by atoms with Gasteiger partial charge in [-0.2, -0.15) is 0 Å². The maximum absolute atomic E-state index is 11.2. The first-order valence-corrected chi connectivity index (χ1v) is 6.24. The van der Waals surface area contributed by atoms with Crippen LogP contribution in [0.25, 0.3) is 0 Å². The van der Waals surface area contributed by atoms with E-state index < -0.39 is 12.0 Å². The summed E-state index contributed by atoms with van der Waals surface area (Å²) in [4.78, 5) is 13.3. The third-order valence-corrected chi connectivity index (χ3v) is 3.28. The van der Waals surface area contributed by atoms with Crippen LogP contribution in [-0.4, -0.2) is 41.1 Å². The molecule has 0 heterocycles. The van der Waals surface area contributed by atoms with Crippen molar-refractivity contribution in [3.8, 4) is 0 Å². The molecule has 94 valence electrons. The van der Waals surface area contributed by atoms with Crippen LogP contribution < -0.4 is 5.73 Å². The fourth-order valence-electron chi connectivity index (χ4n) is 2.57. The normalized spacial score (nSPS) is 19.6. The van der Waals surface area contributed by atoms with Crippen LogP contribution in [0.3, 0.4) is 0 Å². The van der Waals surface area contributed by atoms with Gasteiger partial charge in [0.15, 0.2) is 0 Å². The minimum absolute atomic E-state index is 0.207. The molecule has 1 rings (SSSR count). The Kier molecular flexibility index (Phi) is 5.22. The summed E-state index contributed by atoms with van der Waals surface area (Å²) in [6, 6.07) is -0.0856. The van der Waals surface area contributed by atoms with Gasteiger partial charge >= 0.3 is 5.97 Å². The van der Waals surface area contributed by atoms with E-state index in [0.717, 1.165) is 19.4 Å². The summed E-state index contributed by atoms with van der Waals surface area (Å²) in [5.41, 5.74) is 5.60.